The molecule has 0 spiro atoms. The van der Waals surface area contributed by atoms with E-state index in [9.17, 15) is 4.79 Å². The summed E-state index contributed by atoms with van der Waals surface area (Å²) in [6.45, 7) is 1.98. The minimum atomic E-state index is -0.0303. The average Bonchev–Trinajstić information content (AvgIpc) is 3.23. The third-order valence-electron chi connectivity index (χ3n) is 4.12. The second-order valence-corrected chi connectivity index (χ2v) is 6.93. The lowest BCUT2D eigenvalue weighted by Crippen LogP contribution is -2.50. The van der Waals surface area contributed by atoms with Crippen molar-refractivity contribution in [1.29, 1.82) is 0 Å². The molecule has 0 radical (unpaired) electrons. The monoisotopic (exact) mass is 334 g/mol. The number of hydrogen-bond acceptors (Lipinski definition) is 5. The van der Waals surface area contributed by atoms with Crippen LogP contribution in [0.4, 0.5) is 4.79 Å². The maximum atomic E-state index is 12.3. The predicted octanol–water partition coefficient (Wildman–Crippen LogP) is 2.64. The lowest BCUT2D eigenvalue weighted by molar-refractivity contribution is 0.139. The summed E-state index contributed by atoms with van der Waals surface area (Å²) in [5.74, 6) is 0.606. The Morgan fingerprint density at radius 2 is 2.43 bits per heavy atom. The van der Waals surface area contributed by atoms with E-state index in [1.807, 2.05) is 22.4 Å². The van der Waals surface area contributed by atoms with E-state index in [4.69, 9.17) is 4.42 Å². The van der Waals surface area contributed by atoms with Gasteiger partial charge in [-0.2, -0.15) is 0 Å². The Morgan fingerprint density at radius 1 is 1.57 bits per heavy atom. The topological polar surface area (TPSA) is 61.6 Å². The molecule has 1 aliphatic heterocycles. The fourth-order valence-electron chi connectivity index (χ4n) is 2.74. The molecule has 124 valence electrons. The molecular formula is C16H22N4O2S. The van der Waals surface area contributed by atoms with Gasteiger partial charge >= 0.3 is 6.03 Å². The van der Waals surface area contributed by atoms with Crippen molar-refractivity contribution < 1.29 is 9.21 Å². The quantitative estimate of drug-likeness (QED) is 0.934. The maximum absolute atomic E-state index is 12.3. The van der Waals surface area contributed by atoms with Gasteiger partial charge < -0.3 is 19.5 Å². The summed E-state index contributed by atoms with van der Waals surface area (Å²) in [5, 5.41) is 4.92. The van der Waals surface area contributed by atoms with Crippen LogP contribution in [0.2, 0.25) is 0 Å². The molecule has 7 heteroatoms. The summed E-state index contributed by atoms with van der Waals surface area (Å²) in [6, 6.07) is 4.33. The molecule has 2 amide bonds. The fraction of sp³-hybridized carbons (Fsp3) is 0.500. The predicted molar refractivity (Wildman–Crippen MR) is 90.3 cm³/mol. The standard InChI is InChI=1S/C16H22N4O2S/c1-19(2)13-5-3-7-20(10-13)16(21)17-9-12-11-22-15(18-12)14-6-4-8-23-14/h4,6,8,11,13H,3,5,7,9-10H2,1-2H3,(H,17,21). The number of oxazole rings is 1. The molecule has 0 aliphatic carbocycles. The number of aromatic nitrogens is 1. The summed E-state index contributed by atoms with van der Waals surface area (Å²) in [6.07, 6.45) is 3.79. The number of likely N-dealkylation sites (N-methyl/N-ethyl adjacent to an activating group) is 1. The number of thiophene rings is 1. The minimum absolute atomic E-state index is 0.0303. The molecule has 2 aromatic heterocycles. The van der Waals surface area contributed by atoms with E-state index >= 15 is 0 Å². The summed E-state index contributed by atoms with van der Waals surface area (Å²) in [4.78, 5) is 21.8. The van der Waals surface area contributed by atoms with Gasteiger partial charge in [-0.25, -0.2) is 9.78 Å². The lowest BCUT2D eigenvalue weighted by Gasteiger charge is -2.36. The van der Waals surface area contributed by atoms with E-state index in [1.54, 1.807) is 17.6 Å². The number of nitrogens with one attached hydrogen (secondary N) is 1. The molecule has 1 unspecified atom stereocenters. The summed E-state index contributed by atoms with van der Waals surface area (Å²) in [7, 11) is 4.13. The van der Waals surface area contributed by atoms with Crippen LogP contribution in [0.1, 0.15) is 18.5 Å². The third-order valence-corrected chi connectivity index (χ3v) is 4.98. The molecule has 1 saturated heterocycles. The lowest BCUT2D eigenvalue weighted by atomic mass is 10.1. The maximum Gasteiger partial charge on any atom is 0.317 e. The van der Waals surface area contributed by atoms with Crippen LogP contribution in [-0.2, 0) is 6.54 Å². The third kappa shape index (κ3) is 3.92. The van der Waals surface area contributed by atoms with E-state index in [2.05, 4.69) is 29.3 Å². The van der Waals surface area contributed by atoms with Crippen molar-refractivity contribution in [2.24, 2.45) is 0 Å². The van der Waals surface area contributed by atoms with Crippen LogP contribution in [0.25, 0.3) is 10.8 Å². The molecule has 1 N–H and O–H groups in total. The number of hydrogen-bond donors (Lipinski definition) is 1. The Hall–Kier alpha value is -1.86. The highest BCUT2D eigenvalue weighted by Gasteiger charge is 2.24. The fourth-order valence-corrected chi connectivity index (χ4v) is 3.40. The Bertz CT molecular complexity index is 638. The molecule has 1 atom stereocenters. The van der Waals surface area contributed by atoms with E-state index in [0.717, 1.165) is 36.5 Å². The van der Waals surface area contributed by atoms with Crippen LogP contribution in [0, 0.1) is 0 Å². The van der Waals surface area contributed by atoms with Crippen LogP contribution < -0.4 is 5.32 Å². The smallest absolute Gasteiger partial charge is 0.317 e. The van der Waals surface area contributed by atoms with Crippen LogP contribution in [-0.4, -0.2) is 54.0 Å². The van der Waals surface area contributed by atoms with Crippen molar-refractivity contribution in [3.05, 3.63) is 29.5 Å². The van der Waals surface area contributed by atoms with Crippen molar-refractivity contribution >= 4 is 17.4 Å². The zero-order valence-electron chi connectivity index (χ0n) is 13.5. The number of urea groups is 1. The molecular weight excluding hydrogens is 312 g/mol. The Morgan fingerprint density at radius 3 is 3.17 bits per heavy atom. The normalized spacial score (nSPS) is 18.4. The van der Waals surface area contributed by atoms with E-state index in [1.165, 1.54) is 0 Å². The molecule has 1 aliphatic rings. The van der Waals surface area contributed by atoms with Crippen molar-refractivity contribution in [3.63, 3.8) is 0 Å². The van der Waals surface area contributed by atoms with E-state index in [0.29, 0.717) is 18.5 Å². The molecule has 1 fully saturated rings. The number of rotatable bonds is 4. The zero-order valence-corrected chi connectivity index (χ0v) is 14.3. The molecule has 0 bridgehead atoms. The molecule has 3 heterocycles. The molecule has 2 aromatic rings. The number of amides is 2. The second-order valence-electron chi connectivity index (χ2n) is 5.99. The first-order chi connectivity index (χ1) is 11.1. The van der Waals surface area contributed by atoms with Crippen LogP contribution in [0.5, 0.6) is 0 Å². The van der Waals surface area contributed by atoms with Crippen LogP contribution in [0.3, 0.4) is 0 Å². The van der Waals surface area contributed by atoms with Crippen LogP contribution in [0.15, 0.2) is 28.2 Å². The largest absolute Gasteiger partial charge is 0.443 e. The number of likely N-dealkylation sites (tertiary alicyclic amines) is 1. The van der Waals surface area contributed by atoms with Gasteiger partial charge in [0, 0.05) is 19.1 Å². The summed E-state index contributed by atoms with van der Waals surface area (Å²) < 4.78 is 5.46. The first-order valence-electron chi connectivity index (χ1n) is 7.81. The molecule has 23 heavy (non-hydrogen) atoms. The van der Waals surface area contributed by atoms with Crippen molar-refractivity contribution in [3.8, 4) is 10.8 Å². The van der Waals surface area contributed by atoms with Crippen LogP contribution >= 0.6 is 11.3 Å². The Labute approximate surface area is 140 Å². The highest BCUT2D eigenvalue weighted by atomic mass is 32.1. The summed E-state index contributed by atoms with van der Waals surface area (Å²) >= 11 is 1.58. The van der Waals surface area contributed by atoms with Gasteiger partial charge in [0.2, 0.25) is 5.89 Å². The number of carbonyl (C=O) groups is 1. The average molecular weight is 334 g/mol. The highest BCUT2D eigenvalue weighted by Crippen LogP contribution is 2.23. The van der Waals surface area contributed by atoms with Crippen molar-refractivity contribution in [2.75, 3.05) is 27.2 Å². The Balaban J connectivity index is 1.53. The van der Waals surface area contributed by atoms with Gasteiger partial charge in [0.15, 0.2) is 0 Å². The van der Waals surface area contributed by atoms with Gasteiger partial charge in [-0.15, -0.1) is 11.3 Å². The molecule has 0 saturated carbocycles. The first kappa shape index (κ1) is 16.0. The number of piperidine rings is 1. The highest BCUT2D eigenvalue weighted by molar-refractivity contribution is 7.13. The van der Waals surface area contributed by atoms with Gasteiger partial charge in [-0.3, -0.25) is 0 Å². The second kappa shape index (κ2) is 7.14. The Kier molecular flexibility index (Phi) is 4.97. The summed E-state index contributed by atoms with van der Waals surface area (Å²) in [5.41, 5.74) is 0.739. The first-order valence-corrected chi connectivity index (χ1v) is 8.69. The van der Waals surface area contributed by atoms with Gasteiger partial charge in [-0.05, 0) is 38.4 Å². The van der Waals surface area contributed by atoms with E-state index in [-0.39, 0.29) is 6.03 Å². The van der Waals surface area contributed by atoms with Gasteiger partial charge in [0.1, 0.15) is 6.26 Å². The van der Waals surface area contributed by atoms with Gasteiger partial charge in [0.25, 0.3) is 0 Å². The molecule has 6 nitrogen and oxygen atoms in total. The number of nitrogens with zero attached hydrogens (tertiary/aromatic N) is 3. The SMILES string of the molecule is CN(C)C1CCCN(C(=O)NCc2coc(-c3cccs3)n2)C1. The van der Waals surface area contributed by atoms with Crippen molar-refractivity contribution in [2.45, 2.75) is 25.4 Å². The zero-order chi connectivity index (χ0) is 16.2. The van der Waals surface area contributed by atoms with E-state index < -0.39 is 0 Å². The van der Waals surface area contributed by atoms with Crippen molar-refractivity contribution in [1.82, 2.24) is 20.1 Å². The number of carbonyl (C=O) groups excluding carboxylic acids is 1. The molecule has 3 rings (SSSR count). The minimum Gasteiger partial charge on any atom is -0.443 e. The van der Waals surface area contributed by atoms with Gasteiger partial charge in [0.05, 0.1) is 17.1 Å². The van der Waals surface area contributed by atoms with Gasteiger partial charge in [-0.1, -0.05) is 6.07 Å². The molecule has 0 aromatic carbocycles.